The van der Waals surface area contributed by atoms with Crippen LogP contribution < -0.4 is 15.2 Å². The van der Waals surface area contributed by atoms with E-state index in [0.717, 1.165) is 33.1 Å². The van der Waals surface area contributed by atoms with Gasteiger partial charge in [-0.15, -0.1) is 0 Å². The van der Waals surface area contributed by atoms with Crippen LogP contribution in [0.15, 0.2) is 138 Å². The van der Waals surface area contributed by atoms with Crippen LogP contribution in [0, 0.1) is 5.82 Å². The Kier molecular flexibility index (Phi) is 10.1. The zero-order chi connectivity index (χ0) is 39.5. The second-order valence-electron chi connectivity index (χ2n) is 13.7. The topological polar surface area (TPSA) is 146 Å². The highest BCUT2D eigenvalue weighted by Gasteiger charge is 2.41. The molecule has 13 heteroatoms. The number of para-hydroxylation sites is 1. The molecule has 3 N–H and O–H groups in total. The molecule has 0 unspecified atom stereocenters. The minimum Gasteiger partial charge on any atom is -0.506 e. The van der Waals surface area contributed by atoms with E-state index in [9.17, 15) is 24.9 Å². The number of halogens is 1. The van der Waals surface area contributed by atoms with E-state index in [0.29, 0.717) is 55.1 Å². The molecule has 0 aliphatic carbocycles. The second kappa shape index (κ2) is 15.6. The summed E-state index contributed by atoms with van der Waals surface area (Å²) in [7, 11) is 0. The van der Waals surface area contributed by atoms with Crippen LogP contribution >= 0.6 is 0 Å². The molecule has 57 heavy (non-hydrogen) atoms. The number of hydrogen-bond donors (Lipinski definition) is 3. The minimum absolute atomic E-state index is 0.0771. The Balaban J connectivity index is 1.43. The number of aromatic hydroxyl groups is 1. The van der Waals surface area contributed by atoms with Crippen LogP contribution in [0.25, 0.3) is 28.0 Å². The largest absolute Gasteiger partial charge is 0.506 e. The predicted octanol–water partition coefficient (Wildman–Crippen LogP) is 6.50. The zero-order valence-electron chi connectivity index (χ0n) is 30.8. The van der Waals surface area contributed by atoms with Gasteiger partial charge in [0.05, 0.1) is 17.8 Å². The van der Waals surface area contributed by atoms with Gasteiger partial charge in [-0.05, 0) is 41.0 Å². The van der Waals surface area contributed by atoms with E-state index in [1.54, 1.807) is 4.68 Å². The zero-order valence-corrected chi connectivity index (χ0v) is 30.8. The third kappa shape index (κ3) is 6.71. The van der Waals surface area contributed by atoms with Crippen molar-refractivity contribution in [3.8, 4) is 28.4 Å². The average molecular weight is 767 g/mol. The summed E-state index contributed by atoms with van der Waals surface area (Å²) in [5.41, 5.74) is 2.51. The first-order chi connectivity index (χ1) is 27.8. The molecule has 7 aromatic rings. The lowest BCUT2D eigenvalue weighted by Crippen LogP contribution is -2.48. The Morgan fingerprint density at radius 1 is 0.772 bits per heavy atom. The lowest BCUT2D eigenvalue weighted by atomic mass is 9.77. The van der Waals surface area contributed by atoms with Gasteiger partial charge in [0.1, 0.15) is 33.9 Å². The van der Waals surface area contributed by atoms with Gasteiger partial charge in [-0.2, -0.15) is 14.9 Å². The molecule has 1 amide bonds. The van der Waals surface area contributed by atoms with Crippen molar-refractivity contribution in [3.63, 3.8) is 0 Å². The van der Waals surface area contributed by atoms with Crippen molar-refractivity contribution in [1.29, 1.82) is 0 Å². The number of phenolic OH excluding ortho intramolecular Hbond substituents is 1. The molecule has 5 aromatic carbocycles. The highest BCUT2D eigenvalue weighted by atomic mass is 19.1. The van der Waals surface area contributed by atoms with Crippen LogP contribution in [0.2, 0.25) is 0 Å². The van der Waals surface area contributed by atoms with Crippen LogP contribution in [-0.2, 0) is 5.54 Å². The molecule has 3 heterocycles. The standard InChI is InChI=1S/C44H39FN6O6/c45-34-18-10-19-37(53)42(34)50-39(54)29-36-41(46-50)40(30-20-21-35(38(28-30)57-27-11-26-52)48-22-24-49(25-23-48)43(55)56)47-51(36)44(31-12-4-1-5-13-31,32-14-6-2-7-15-32)33-16-8-3-9-17-33/h1-10,12-21,28-29,52-53H,11,22-27H2,(H,55,56). The average Bonchev–Trinajstić information content (AvgIpc) is 3.60. The number of amides is 1. The summed E-state index contributed by atoms with van der Waals surface area (Å²) in [5, 5.41) is 40.1. The first kappa shape index (κ1) is 37.0. The van der Waals surface area contributed by atoms with Crippen LogP contribution in [0.5, 0.6) is 11.5 Å². The monoisotopic (exact) mass is 766 g/mol. The Hall–Kier alpha value is -6.99. The summed E-state index contributed by atoms with van der Waals surface area (Å²) in [6, 6.07) is 40.2. The number of phenols is 1. The maximum Gasteiger partial charge on any atom is 0.407 e. The van der Waals surface area contributed by atoms with Crippen molar-refractivity contribution >= 4 is 22.8 Å². The van der Waals surface area contributed by atoms with Gasteiger partial charge in [-0.1, -0.05) is 103 Å². The van der Waals surface area contributed by atoms with Crippen molar-refractivity contribution in [2.75, 3.05) is 44.3 Å². The van der Waals surface area contributed by atoms with Crippen molar-refractivity contribution in [2.45, 2.75) is 12.0 Å². The van der Waals surface area contributed by atoms with Gasteiger partial charge in [0.2, 0.25) is 0 Å². The van der Waals surface area contributed by atoms with E-state index in [2.05, 4.69) is 4.90 Å². The molecule has 288 valence electrons. The number of fused-ring (bicyclic) bond motifs is 1. The van der Waals surface area contributed by atoms with Gasteiger partial charge < -0.3 is 29.9 Å². The third-order valence-electron chi connectivity index (χ3n) is 10.3. The molecule has 12 nitrogen and oxygen atoms in total. The number of benzene rings is 5. The smallest absolute Gasteiger partial charge is 0.407 e. The first-order valence-electron chi connectivity index (χ1n) is 18.6. The molecule has 0 radical (unpaired) electrons. The molecule has 1 saturated heterocycles. The fourth-order valence-electron chi connectivity index (χ4n) is 7.63. The molecular weight excluding hydrogens is 728 g/mol. The summed E-state index contributed by atoms with van der Waals surface area (Å²) in [5.74, 6) is -0.818. The molecule has 0 spiro atoms. The van der Waals surface area contributed by atoms with Gasteiger partial charge >= 0.3 is 6.09 Å². The Morgan fingerprint density at radius 3 is 1.95 bits per heavy atom. The molecule has 1 fully saturated rings. The van der Waals surface area contributed by atoms with Gasteiger partial charge in [-0.25, -0.2) is 13.9 Å². The van der Waals surface area contributed by atoms with E-state index < -0.39 is 34.4 Å². The molecule has 8 rings (SSSR count). The Morgan fingerprint density at radius 2 is 1.39 bits per heavy atom. The lowest BCUT2D eigenvalue weighted by molar-refractivity contribution is 0.142. The number of carboxylic acid groups (broad SMARTS) is 1. The van der Waals surface area contributed by atoms with Crippen LogP contribution in [0.3, 0.4) is 0 Å². The van der Waals surface area contributed by atoms with Gasteiger partial charge in [-0.3, -0.25) is 4.79 Å². The summed E-state index contributed by atoms with van der Waals surface area (Å²) in [4.78, 5) is 29.2. The molecular formula is C44H39FN6O6. The highest BCUT2D eigenvalue weighted by molar-refractivity contribution is 5.91. The van der Waals surface area contributed by atoms with Gasteiger partial charge in [0.15, 0.2) is 5.82 Å². The molecule has 0 saturated carbocycles. The number of carbonyl (C=O) groups is 1. The van der Waals surface area contributed by atoms with Gasteiger partial charge in [0, 0.05) is 50.8 Å². The van der Waals surface area contributed by atoms with Crippen molar-refractivity contribution in [2.24, 2.45) is 0 Å². The molecule has 0 bridgehead atoms. The van der Waals surface area contributed by atoms with Crippen molar-refractivity contribution in [1.82, 2.24) is 24.5 Å². The minimum atomic E-state index is -1.16. The number of piperazine rings is 1. The van der Waals surface area contributed by atoms with Crippen LogP contribution in [0.1, 0.15) is 23.1 Å². The summed E-state index contributed by atoms with van der Waals surface area (Å²) in [6.45, 7) is 1.63. The maximum absolute atomic E-state index is 15.4. The molecule has 0 atom stereocenters. The number of aromatic nitrogens is 4. The normalized spacial score (nSPS) is 13.2. The fourth-order valence-corrected chi connectivity index (χ4v) is 7.63. The second-order valence-corrected chi connectivity index (χ2v) is 13.7. The molecule has 2 aromatic heterocycles. The summed E-state index contributed by atoms with van der Waals surface area (Å²) >= 11 is 0. The number of hydrogen-bond acceptors (Lipinski definition) is 8. The SMILES string of the molecule is O=C(O)N1CCN(c2ccc(-c3nn(C(c4ccccc4)(c4ccccc4)c4ccccc4)c4cc(=O)n(-c5c(O)cccc5F)nc34)cc2OCCCO)CC1. The third-order valence-corrected chi connectivity index (χ3v) is 10.3. The van der Waals surface area contributed by atoms with Crippen LogP contribution in [0.4, 0.5) is 14.9 Å². The lowest BCUT2D eigenvalue weighted by Gasteiger charge is -2.37. The maximum atomic E-state index is 15.4. The Labute approximate surface area is 326 Å². The van der Waals surface area contributed by atoms with Crippen LogP contribution in [-0.4, -0.2) is 85.3 Å². The Bertz CT molecular complexity index is 2480. The summed E-state index contributed by atoms with van der Waals surface area (Å²) < 4.78 is 24.4. The van der Waals surface area contributed by atoms with E-state index in [1.165, 1.54) is 23.1 Å². The predicted molar refractivity (Wildman–Crippen MR) is 214 cm³/mol. The van der Waals surface area contributed by atoms with Crippen molar-refractivity contribution in [3.05, 3.63) is 166 Å². The van der Waals surface area contributed by atoms with Gasteiger partial charge in [0.25, 0.3) is 5.56 Å². The highest BCUT2D eigenvalue weighted by Crippen LogP contribution is 2.44. The molecule has 1 aliphatic rings. The quantitative estimate of drug-likeness (QED) is 0.0993. The number of rotatable bonds is 11. The number of nitrogens with zero attached hydrogens (tertiary/aromatic N) is 6. The number of anilines is 1. The fraction of sp³-hybridized carbons (Fsp3) is 0.182. The van der Waals surface area contributed by atoms with E-state index in [1.807, 2.05) is 109 Å². The number of aliphatic hydroxyl groups excluding tert-OH is 1. The van der Waals surface area contributed by atoms with E-state index in [-0.39, 0.29) is 18.7 Å². The number of aliphatic hydroxyl groups is 1. The summed E-state index contributed by atoms with van der Waals surface area (Å²) in [6.07, 6.45) is -0.596. The molecule has 1 aliphatic heterocycles. The van der Waals surface area contributed by atoms with Crippen molar-refractivity contribution < 1.29 is 29.2 Å². The van der Waals surface area contributed by atoms with E-state index >= 15 is 4.39 Å². The first-order valence-corrected chi connectivity index (χ1v) is 18.6. The van der Waals surface area contributed by atoms with E-state index in [4.69, 9.17) is 14.9 Å². The number of ether oxygens (including phenoxy) is 1.